The number of para-hydroxylation sites is 1. The molecule has 0 spiro atoms. The van der Waals surface area contributed by atoms with Crippen molar-refractivity contribution in [3.8, 4) is 6.07 Å². The predicted molar refractivity (Wildman–Crippen MR) is 175 cm³/mol. The number of fused-ring (bicyclic) bond motifs is 1. The van der Waals surface area contributed by atoms with Crippen molar-refractivity contribution in [3.05, 3.63) is 114 Å². The summed E-state index contributed by atoms with van der Waals surface area (Å²) in [5.41, 5.74) is 5.42. The number of aliphatic carboxylic acids is 1. The zero-order chi connectivity index (χ0) is 35.5. The first kappa shape index (κ1) is 34.0. The van der Waals surface area contributed by atoms with Crippen LogP contribution < -0.4 is 10.6 Å². The lowest BCUT2D eigenvalue weighted by Crippen LogP contribution is -2.56. The molecule has 1 fully saturated rings. The molecule has 0 aliphatic carbocycles. The Hall–Kier alpha value is -6.39. The molecule has 0 saturated carbocycles. The molecule has 4 amide bonds. The standard InChI is InChI=1S/C36H31N5O8/c1-22(42)31(40(28-10-4-3-5-11-28)32(45)29(38)19-30(43)44)33(46)49-41-34(47)36(2,27-16-13-23(20-37)14-17-27)39(35(41)48)21-24-12-15-25-8-6-7-9-26(25)18-24/h3-18,29,31H,19,21,38H2,1-2H3,(H,43,44)/t29-,31-,36+/m0/s1. The van der Waals surface area contributed by atoms with Crippen molar-refractivity contribution < 1.29 is 38.7 Å². The second-order valence-corrected chi connectivity index (χ2v) is 11.6. The van der Waals surface area contributed by atoms with Gasteiger partial charge in [0.2, 0.25) is 5.91 Å². The Kier molecular flexibility index (Phi) is 9.54. The van der Waals surface area contributed by atoms with E-state index in [1.54, 1.807) is 12.1 Å². The van der Waals surface area contributed by atoms with Crippen molar-refractivity contribution in [3.63, 3.8) is 0 Å². The Morgan fingerprint density at radius 3 is 2.18 bits per heavy atom. The highest BCUT2D eigenvalue weighted by Crippen LogP contribution is 2.39. The number of anilines is 1. The van der Waals surface area contributed by atoms with Gasteiger partial charge in [-0.2, -0.15) is 5.26 Å². The second-order valence-electron chi connectivity index (χ2n) is 11.6. The van der Waals surface area contributed by atoms with Crippen LogP contribution in [0, 0.1) is 11.3 Å². The molecule has 1 heterocycles. The van der Waals surface area contributed by atoms with Gasteiger partial charge in [0.1, 0.15) is 5.54 Å². The lowest BCUT2D eigenvalue weighted by molar-refractivity contribution is -0.186. The van der Waals surface area contributed by atoms with Crippen LogP contribution in [0.3, 0.4) is 0 Å². The number of nitrogens with zero attached hydrogens (tertiary/aromatic N) is 4. The van der Waals surface area contributed by atoms with Gasteiger partial charge < -0.3 is 15.7 Å². The molecule has 13 nitrogen and oxygen atoms in total. The molecule has 0 unspecified atom stereocenters. The van der Waals surface area contributed by atoms with Gasteiger partial charge in [-0.25, -0.2) is 9.59 Å². The van der Waals surface area contributed by atoms with Crippen LogP contribution in [0.1, 0.15) is 37.0 Å². The average molecular weight is 662 g/mol. The van der Waals surface area contributed by atoms with Crippen LogP contribution >= 0.6 is 0 Å². The molecule has 4 aromatic rings. The summed E-state index contributed by atoms with van der Waals surface area (Å²) in [5.74, 6) is -5.81. The number of rotatable bonds is 11. The van der Waals surface area contributed by atoms with Crippen LogP contribution in [0.4, 0.5) is 10.5 Å². The fourth-order valence-corrected chi connectivity index (χ4v) is 5.71. The normalized spacial score (nSPS) is 16.9. The number of urea groups is 1. The average Bonchev–Trinajstić information content (AvgIpc) is 3.26. The highest BCUT2D eigenvalue weighted by atomic mass is 16.7. The van der Waals surface area contributed by atoms with Crippen LogP contribution in [0.5, 0.6) is 0 Å². The van der Waals surface area contributed by atoms with Crippen LogP contribution in [0.15, 0.2) is 97.1 Å². The summed E-state index contributed by atoms with van der Waals surface area (Å²) in [7, 11) is 0. The van der Waals surface area contributed by atoms with Gasteiger partial charge in [0, 0.05) is 12.2 Å². The van der Waals surface area contributed by atoms with E-state index in [0.29, 0.717) is 21.6 Å². The monoisotopic (exact) mass is 661 g/mol. The van der Waals surface area contributed by atoms with Gasteiger partial charge in [-0.3, -0.25) is 29.0 Å². The van der Waals surface area contributed by atoms with E-state index >= 15 is 0 Å². The third-order valence-electron chi connectivity index (χ3n) is 8.31. The maximum Gasteiger partial charge on any atom is 0.363 e. The van der Waals surface area contributed by atoms with E-state index < -0.39 is 59.6 Å². The van der Waals surface area contributed by atoms with Gasteiger partial charge in [0.05, 0.1) is 24.1 Å². The smallest absolute Gasteiger partial charge is 0.363 e. The fraction of sp³-hybridized carbons (Fsp3) is 0.194. The number of carboxylic acid groups (broad SMARTS) is 1. The van der Waals surface area contributed by atoms with Gasteiger partial charge in [0.25, 0.3) is 5.91 Å². The lowest BCUT2D eigenvalue weighted by atomic mass is 9.89. The molecule has 5 rings (SSSR count). The minimum atomic E-state index is -2.05. The van der Waals surface area contributed by atoms with E-state index in [4.69, 9.17) is 10.6 Å². The molecule has 4 aromatic carbocycles. The third kappa shape index (κ3) is 6.58. The highest BCUT2D eigenvalue weighted by Gasteiger charge is 2.58. The summed E-state index contributed by atoms with van der Waals surface area (Å²) >= 11 is 0. The van der Waals surface area contributed by atoms with Crippen molar-refractivity contribution in [2.75, 3.05) is 4.90 Å². The summed E-state index contributed by atoms with van der Waals surface area (Å²) in [5, 5.41) is 20.7. The van der Waals surface area contributed by atoms with E-state index in [9.17, 15) is 39.1 Å². The number of carbonyl (C=O) groups is 6. The highest BCUT2D eigenvalue weighted by molar-refractivity contribution is 6.15. The Morgan fingerprint density at radius 2 is 1.57 bits per heavy atom. The quantitative estimate of drug-likeness (QED) is 0.177. The van der Waals surface area contributed by atoms with Crippen LogP contribution in [0.25, 0.3) is 10.8 Å². The Balaban J connectivity index is 1.53. The summed E-state index contributed by atoms with van der Waals surface area (Å²) in [4.78, 5) is 87.3. The number of nitrogens with two attached hydrogens (primary N) is 1. The Labute approximate surface area is 280 Å². The SMILES string of the molecule is CC(=O)[C@@H](C(=O)ON1C(=O)N(Cc2ccc3ccccc3c2)[C@](C)(c2ccc(C#N)cc2)C1=O)N(C(=O)[C@@H](N)CC(=O)O)c1ccccc1. The number of amides is 4. The summed E-state index contributed by atoms with van der Waals surface area (Å²) < 4.78 is 0. The number of carboxylic acids is 1. The zero-order valence-corrected chi connectivity index (χ0v) is 26.5. The van der Waals surface area contributed by atoms with Gasteiger partial charge >= 0.3 is 18.0 Å². The fourth-order valence-electron chi connectivity index (χ4n) is 5.71. The molecule has 1 aliphatic rings. The van der Waals surface area contributed by atoms with Crippen LogP contribution in [0.2, 0.25) is 0 Å². The number of nitriles is 1. The van der Waals surface area contributed by atoms with Crippen molar-refractivity contribution in [2.24, 2.45) is 5.73 Å². The first-order valence-electron chi connectivity index (χ1n) is 15.1. The summed E-state index contributed by atoms with van der Waals surface area (Å²) in [6, 6.07) is 23.8. The first-order valence-corrected chi connectivity index (χ1v) is 15.1. The molecule has 3 N–H and O–H groups in total. The number of hydrogen-bond acceptors (Lipinski definition) is 9. The van der Waals surface area contributed by atoms with E-state index in [2.05, 4.69) is 0 Å². The number of Topliss-reactive ketones (excluding diaryl/α,β-unsaturated/α-hetero) is 1. The maximum absolute atomic E-state index is 14.2. The Bertz CT molecular complexity index is 2010. The van der Waals surface area contributed by atoms with Gasteiger partial charge in [-0.05, 0) is 66.1 Å². The minimum Gasteiger partial charge on any atom is -0.481 e. The van der Waals surface area contributed by atoms with Gasteiger partial charge in [0.15, 0.2) is 11.8 Å². The summed E-state index contributed by atoms with van der Waals surface area (Å²) in [6.07, 6.45) is -0.808. The van der Waals surface area contributed by atoms with E-state index in [1.807, 2.05) is 42.5 Å². The van der Waals surface area contributed by atoms with Crippen molar-refractivity contribution in [1.82, 2.24) is 9.96 Å². The third-order valence-corrected chi connectivity index (χ3v) is 8.31. The number of imide groups is 1. The number of ketones is 1. The number of hydrogen-bond donors (Lipinski definition) is 2. The molecule has 13 heteroatoms. The molecule has 248 valence electrons. The maximum atomic E-state index is 14.2. The van der Waals surface area contributed by atoms with Gasteiger partial charge in [-0.1, -0.05) is 71.8 Å². The molecule has 1 saturated heterocycles. The van der Waals surface area contributed by atoms with E-state index in [-0.39, 0.29) is 17.3 Å². The van der Waals surface area contributed by atoms with E-state index in [1.165, 1.54) is 60.4 Å². The molecular weight excluding hydrogens is 630 g/mol. The second kappa shape index (κ2) is 13.8. The Morgan fingerprint density at radius 1 is 0.939 bits per heavy atom. The van der Waals surface area contributed by atoms with Crippen LogP contribution in [-0.2, 0) is 40.9 Å². The predicted octanol–water partition coefficient (Wildman–Crippen LogP) is 3.64. The van der Waals surface area contributed by atoms with E-state index in [0.717, 1.165) is 17.7 Å². The van der Waals surface area contributed by atoms with Gasteiger partial charge in [-0.15, -0.1) is 0 Å². The largest absolute Gasteiger partial charge is 0.481 e. The minimum absolute atomic E-state index is 0.0184. The van der Waals surface area contributed by atoms with Crippen molar-refractivity contribution in [2.45, 2.75) is 44.4 Å². The molecule has 49 heavy (non-hydrogen) atoms. The summed E-state index contributed by atoms with van der Waals surface area (Å²) in [6.45, 7) is 2.36. The first-order chi connectivity index (χ1) is 23.4. The lowest BCUT2D eigenvalue weighted by Gasteiger charge is -2.32. The molecular formula is C36H31N5O8. The molecule has 0 bridgehead atoms. The molecule has 0 radical (unpaired) electrons. The molecule has 1 aliphatic heterocycles. The van der Waals surface area contributed by atoms with Crippen LogP contribution in [-0.4, -0.2) is 62.7 Å². The van der Waals surface area contributed by atoms with Crippen molar-refractivity contribution in [1.29, 1.82) is 5.26 Å². The number of hydroxylamine groups is 2. The topological polar surface area (TPSA) is 191 Å². The zero-order valence-electron chi connectivity index (χ0n) is 26.5. The number of benzene rings is 4. The molecule has 0 aromatic heterocycles. The number of carbonyl (C=O) groups excluding carboxylic acids is 5. The van der Waals surface area contributed by atoms with Crippen molar-refractivity contribution >= 4 is 52.0 Å². The molecule has 3 atom stereocenters.